The standard InChI is InChI=1S/C23H25FN4O.C4H4O4/c1-29-22-15-25-16-27-23(22)26-10-3-11-28-12-8-18(9-13-28)20-5-2-4-17-6-7-19(24)14-21(17)20;5-3(6)1-2-4(7)8/h2,4-8,14-16H,3,9-13H2,1H3,(H,25,26,27);1-2H,(H,5,6)(H,7,8). The zero-order chi connectivity index (χ0) is 26.6. The van der Waals surface area contributed by atoms with E-state index in [0.717, 1.165) is 61.2 Å². The molecule has 194 valence electrons. The zero-order valence-electron chi connectivity index (χ0n) is 20.4. The lowest BCUT2D eigenvalue weighted by Crippen LogP contribution is -2.30. The summed E-state index contributed by atoms with van der Waals surface area (Å²) in [5.74, 6) is -1.31. The van der Waals surface area contributed by atoms with Gasteiger partial charge in [-0.2, -0.15) is 0 Å². The summed E-state index contributed by atoms with van der Waals surface area (Å²) in [6, 6.07) is 11.2. The number of anilines is 1. The lowest BCUT2D eigenvalue weighted by Gasteiger charge is -2.27. The summed E-state index contributed by atoms with van der Waals surface area (Å²) in [6.45, 7) is 3.75. The van der Waals surface area contributed by atoms with Crippen LogP contribution in [-0.2, 0) is 9.59 Å². The minimum absolute atomic E-state index is 0.184. The molecule has 37 heavy (non-hydrogen) atoms. The Morgan fingerprint density at radius 2 is 1.97 bits per heavy atom. The molecule has 9 nitrogen and oxygen atoms in total. The number of carboxylic acids is 2. The van der Waals surface area contributed by atoms with Crippen molar-refractivity contribution in [3.8, 4) is 5.75 Å². The first-order valence-corrected chi connectivity index (χ1v) is 11.7. The first-order chi connectivity index (χ1) is 17.9. The monoisotopic (exact) mass is 508 g/mol. The van der Waals surface area contributed by atoms with Crippen molar-refractivity contribution in [1.29, 1.82) is 0 Å². The van der Waals surface area contributed by atoms with Crippen molar-refractivity contribution < 1.29 is 28.9 Å². The van der Waals surface area contributed by atoms with Gasteiger partial charge in [0.15, 0.2) is 11.6 Å². The van der Waals surface area contributed by atoms with Crippen molar-refractivity contribution in [3.05, 3.63) is 78.5 Å². The molecule has 0 unspecified atom stereocenters. The fraction of sp³-hybridized carbons (Fsp3) is 0.259. The summed E-state index contributed by atoms with van der Waals surface area (Å²) >= 11 is 0. The molecular formula is C27H29FN4O5. The molecule has 1 aliphatic heterocycles. The van der Waals surface area contributed by atoms with Gasteiger partial charge in [-0.1, -0.05) is 30.3 Å². The van der Waals surface area contributed by atoms with Gasteiger partial charge in [0.05, 0.1) is 13.3 Å². The summed E-state index contributed by atoms with van der Waals surface area (Å²) in [5, 5.41) is 21.0. The molecular weight excluding hydrogens is 479 g/mol. The van der Waals surface area contributed by atoms with E-state index in [2.05, 4.69) is 38.4 Å². The van der Waals surface area contributed by atoms with Crippen LogP contribution in [-0.4, -0.2) is 70.3 Å². The number of rotatable bonds is 9. The number of nitrogens with zero attached hydrogens (tertiary/aromatic N) is 3. The normalized spacial score (nSPS) is 13.5. The topological polar surface area (TPSA) is 125 Å². The Kier molecular flexibility index (Phi) is 10.1. The van der Waals surface area contributed by atoms with Gasteiger partial charge in [0.25, 0.3) is 0 Å². The second-order valence-electron chi connectivity index (χ2n) is 8.18. The van der Waals surface area contributed by atoms with E-state index in [0.29, 0.717) is 17.9 Å². The van der Waals surface area contributed by atoms with E-state index in [9.17, 15) is 14.0 Å². The van der Waals surface area contributed by atoms with E-state index in [1.54, 1.807) is 19.4 Å². The highest BCUT2D eigenvalue weighted by Crippen LogP contribution is 2.30. The third-order valence-electron chi connectivity index (χ3n) is 5.69. The predicted molar refractivity (Wildman–Crippen MR) is 139 cm³/mol. The molecule has 3 N–H and O–H groups in total. The lowest BCUT2D eigenvalue weighted by molar-refractivity contribution is -0.134. The number of fused-ring (bicyclic) bond motifs is 1. The van der Waals surface area contributed by atoms with Crippen molar-refractivity contribution in [2.75, 3.05) is 38.6 Å². The highest BCUT2D eigenvalue weighted by atomic mass is 19.1. The third-order valence-corrected chi connectivity index (χ3v) is 5.69. The van der Waals surface area contributed by atoms with Gasteiger partial charge in [0, 0.05) is 38.3 Å². The third kappa shape index (κ3) is 8.39. The number of hydrogen-bond donors (Lipinski definition) is 3. The molecule has 0 saturated carbocycles. The Bertz CT molecular complexity index is 1280. The van der Waals surface area contributed by atoms with Crippen LogP contribution in [0, 0.1) is 5.82 Å². The van der Waals surface area contributed by atoms with Crippen LogP contribution in [0.2, 0.25) is 0 Å². The summed E-state index contributed by atoms with van der Waals surface area (Å²) in [6.07, 6.45) is 8.56. The van der Waals surface area contributed by atoms with Crippen molar-refractivity contribution in [3.63, 3.8) is 0 Å². The number of hydrogen-bond acceptors (Lipinski definition) is 7. The maximum Gasteiger partial charge on any atom is 0.328 e. The van der Waals surface area contributed by atoms with Crippen molar-refractivity contribution in [2.24, 2.45) is 0 Å². The minimum atomic E-state index is -1.26. The maximum absolute atomic E-state index is 13.7. The summed E-state index contributed by atoms with van der Waals surface area (Å²) in [4.78, 5) is 29.7. The van der Waals surface area contributed by atoms with Crippen LogP contribution in [0.1, 0.15) is 18.4 Å². The minimum Gasteiger partial charge on any atom is -0.491 e. The molecule has 2 heterocycles. The van der Waals surface area contributed by atoms with Crippen LogP contribution in [0.15, 0.2) is 67.2 Å². The molecule has 0 bridgehead atoms. The van der Waals surface area contributed by atoms with Gasteiger partial charge < -0.3 is 20.3 Å². The Labute approximate surface area is 213 Å². The average Bonchev–Trinajstić information content (AvgIpc) is 2.90. The number of aliphatic carboxylic acids is 2. The summed E-state index contributed by atoms with van der Waals surface area (Å²) in [7, 11) is 1.62. The fourth-order valence-corrected chi connectivity index (χ4v) is 3.93. The Morgan fingerprint density at radius 3 is 2.65 bits per heavy atom. The van der Waals surface area contributed by atoms with Crippen LogP contribution in [0.5, 0.6) is 5.75 Å². The molecule has 1 aliphatic rings. The van der Waals surface area contributed by atoms with Crippen molar-refractivity contribution >= 4 is 34.1 Å². The molecule has 4 rings (SSSR count). The second-order valence-corrected chi connectivity index (χ2v) is 8.18. The fourth-order valence-electron chi connectivity index (χ4n) is 3.93. The molecule has 0 spiro atoms. The van der Waals surface area contributed by atoms with Gasteiger partial charge in [-0.05, 0) is 46.9 Å². The molecule has 2 aromatic carbocycles. The predicted octanol–water partition coefficient (Wildman–Crippen LogP) is 4.08. The van der Waals surface area contributed by atoms with E-state index in [1.807, 2.05) is 12.1 Å². The number of ether oxygens (including phenoxy) is 1. The van der Waals surface area contributed by atoms with Crippen molar-refractivity contribution in [2.45, 2.75) is 12.8 Å². The van der Waals surface area contributed by atoms with E-state index in [1.165, 1.54) is 18.0 Å². The smallest absolute Gasteiger partial charge is 0.328 e. The number of aromatic nitrogens is 2. The first-order valence-electron chi connectivity index (χ1n) is 11.7. The van der Waals surface area contributed by atoms with Gasteiger partial charge >= 0.3 is 11.9 Å². The first kappa shape index (κ1) is 27.3. The van der Waals surface area contributed by atoms with E-state index < -0.39 is 11.9 Å². The van der Waals surface area contributed by atoms with Crippen LogP contribution in [0.3, 0.4) is 0 Å². The average molecular weight is 509 g/mol. The van der Waals surface area contributed by atoms with Gasteiger partial charge in [0.1, 0.15) is 12.1 Å². The number of halogens is 1. The Balaban J connectivity index is 0.000000414. The van der Waals surface area contributed by atoms with E-state index in [-0.39, 0.29) is 5.82 Å². The highest BCUT2D eigenvalue weighted by Gasteiger charge is 2.15. The van der Waals surface area contributed by atoms with E-state index in [4.69, 9.17) is 14.9 Å². The molecule has 0 aliphatic carbocycles. The molecule has 0 fully saturated rings. The van der Waals surface area contributed by atoms with Crippen molar-refractivity contribution in [1.82, 2.24) is 14.9 Å². The van der Waals surface area contributed by atoms with E-state index >= 15 is 0 Å². The van der Waals surface area contributed by atoms with Crippen LogP contribution in [0.25, 0.3) is 16.3 Å². The molecule has 0 radical (unpaired) electrons. The Hall–Kier alpha value is -4.31. The largest absolute Gasteiger partial charge is 0.491 e. The quantitative estimate of drug-likeness (QED) is 0.290. The van der Waals surface area contributed by atoms with Gasteiger partial charge in [-0.15, -0.1) is 0 Å². The van der Waals surface area contributed by atoms with Crippen LogP contribution >= 0.6 is 0 Å². The number of methoxy groups -OCH3 is 1. The molecule has 0 amide bonds. The number of carbonyl (C=O) groups is 2. The number of carboxylic acid groups (broad SMARTS) is 2. The summed E-state index contributed by atoms with van der Waals surface area (Å²) < 4.78 is 19.0. The number of nitrogens with one attached hydrogen (secondary N) is 1. The molecule has 0 saturated heterocycles. The molecule has 1 aromatic heterocycles. The highest BCUT2D eigenvalue weighted by molar-refractivity contribution is 5.94. The van der Waals surface area contributed by atoms with Gasteiger partial charge in [-0.3, -0.25) is 4.90 Å². The SMILES string of the molecule is COc1cncnc1NCCCN1CC=C(c2cccc3ccc(F)cc23)CC1.O=C(O)C=CC(=O)O. The molecule has 3 aromatic rings. The Morgan fingerprint density at radius 1 is 1.19 bits per heavy atom. The van der Waals surface area contributed by atoms with Crippen LogP contribution < -0.4 is 10.1 Å². The van der Waals surface area contributed by atoms with Gasteiger partial charge in [-0.25, -0.2) is 23.9 Å². The summed E-state index contributed by atoms with van der Waals surface area (Å²) in [5.41, 5.74) is 2.46. The lowest BCUT2D eigenvalue weighted by atomic mass is 9.94. The zero-order valence-corrected chi connectivity index (χ0v) is 20.4. The molecule has 0 atom stereocenters. The maximum atomic E-state index is 13.7. The molecule has 10 heteroatoms. The number of benzene rings is 2. The van der Waals surface area contributed by atoms with Crippen LogP contribution in [0.4, 0.5) is 10.2 Å². The second kappa shape index (κ2) is 13.7. The van der Waals surface area contributed by atoms with Gasteiger partial charge in [0.2, 0.25) is 0 Å².